The van der Waals surface area contributed by atoms with E-state index >= 15 is 0 Å². The van der Waals surface area contributed by atoms with Gasteiger partial charge in [0.05, 0.1) is 5.41 Å². The average molecular weight is 590 g/mol. The van der Waals surface area contributed by atoms with Crippen LogP contribution in [0.4, 0.5) is 0 Å². The third kappa shape index (κ3) is 3.58. The molecule has 0 bridgehead atoms. The van der Waals surface area contributed by atoms with Crippen molar-refractivity contribution in [2.75, 3.05) is 0 Å². The smallest absolute Gasteiger partial charge is 0.0710 e. The van der Waals surface area contributed by atoms with Crippen molar-refractivity contribution in [3.8, 4) is 0 Å². The van der Waals surface area contributed by atoms with Gasteiger partial charge >= 0.3 is 0 Å². The first-order chi connectivity index (χ1) is 16.4. The van der Waals surface area contributed by atoms with Gasteiger partial charge in [-0.2, -0.15) is 0 Å². The van der Waals surface area contributed by atoms with E-state index in [0.717, 1.165) is 15.4 Å². The lowest BCUT2D eigenvalue weighted by atomic mass is 9.50. The van der Waals surface area contributed by atoms with Gasteiger partial charge in [-0.05, 0) is 74.9 Å². The summed E-state index contributed by atoms with van der Waals surface area (Å²) in [4.78, 5) is 0. The summed E-state index contributed by atoms with van der Waals surface area (Å²) < 4.78 is 2.21. The lowest BCUT2D eigenvalue weighted by Crippen LogP contribution is -2.46. The average Bonchev–Trinajstić information content (AvgIpc) is 3.09. The highest BCUT2D eigenvalue weighted by atomic mass is 79.9. The number of halogens is 2. The van der Waals surface area contributed by atoms with Crippen molar-refractivity contribution in [1.82, 2.24) is 0 Å². The van der Waals surface area contributed by atoms with Gasteiger partial charge in [0.1, 0.15) is 0 Å². The first-order valence-corrected chi connectivity index (χ1v) is 14.1. The molecule has 0 unspecified atom stereocenters. The molecule has 0 saturated carbocycles. The number of benzene rings is 3. The summed E-state index contributed by atoms with van der Waals surface area (Å²) in [5, 5.41) is 0. The van der Waals surface area contributed by atoms with E-state index in [1.807, 2.05) is 0 Å². The summed E-state index contributed by atoms with van der Waals surface area (Å²) in [5.41, 5.74) is 8.13. The maximum absolute atomic E-state index is 3.66. The molecule has 0 atom stereocenters. The molecule has 0 N–H and O–H groups in total. The van der Waals surface area contributed by atoms with Crippen LogP contribution in [0, 0.1) is 16.2 Å². The molecular weight excluding hydrogens is 556 g/mol. The highest BCUT2D eigenvalue weighted by molar-refractivity contribution is 9.10. The van der Waals surface area contributed by atoms with Gasteiger partial charge in [-0.1, -0.05) is 134 Å². The Morgan fingerprint density at radius 3 is 1.63 bits per heavy atom. The van der Waals surface area contributed by atoms with Crippen molar-refractivity contribution in [3.05, 3.63) is 122 Å². The van der Waals surface area contributed by atoms with Crippen LogP contribution in [-0.4, -0.2) is 0 Å². The summed E-state index contributed by atoms with van der Waals surface area (Å²) in [6, 6.07) is 27.0. The summed E-state index contributed by atoms with van der Waals surface area (Å²) in [6.07, 6.45) is 6.26. The van der Waals surface area contributed by atoms with Gasteiger partial charge in [-0.15, -0.1) is 0 Å². The third-order valence-electron chi connectivity index (χ3n) is 8.57. The first-order valence-electron chi connectivity index (χ1n) is 12.5. The van der Waals surface area contributed by atoms with E-state index in [2.05, 4.69) is 158 Å². The SMILES string of the molecule is CC(C)(C)C1(C(C)(C)C)C=C2C(=CC1)C(c1ccc(Br)cc1)(c1ccc(Br)cc1)c1ccccc12. The van der Waals surface area contributed by atoms with Crippen molar-refractivity contribution in [3.63, 3.8) is 0 Å². The second-order valence-electron chi connectivity index (χ2n) is 12.2. The van der Waals surface area contributed by atoms with E-state index in [4.69, 9.17) is 0 Å². The number of allylic oxidation sites excluding steroid dienone is 4. The van der Waals surface area contributed by atoms with Crippen LogP contribution in [0.2, 0.25) is 0 Å². The molecule has 0 aromatic heterocycles. The number of fused-ring (bicyclic) bond motifs is 3. The molecule has 5 rings (SSSR count). The predicted molar refractivity (Wildman–Crippen MR) is 157 cm³/mol. The van der Waals surface area contributed by atoms with Crippen molar-refractivity contribution in [1.29, 1.82) is 0 Å². The minimum atomic E-state index is -0.342. The Labute approximate surface area is 227 Å². The molecule has 0 nitrogen and oxygen atoms in total. The van der Waals surface area contributed by atoms with Crippen molar-refractivity contribution < 1.29 is 0 Å². The molecule has 180 valence electrons. The second kappa shape index (κ2) is 8.32. The number of hydrogen-bond acceptors (Lipinski definition) is 0. The molecule has 0 heterocycles. The van der Waals surface area contributed by atoms with Gasteiger partial charge < -0.3 is 0 Å². The molecule has 2 heteroatoms. The zero-order valence-electron chi connectivity index (χ0n) is 21.5. The van der Waals surface area contributed by atoms with Gasteiger partial charge in [0.2, 0.25) is 0 Å². The highest BCUT2D eigenvalue weighted by Crippen LogP contribution is 2.65. The fourth-order valence-electron chi connectivity index (χ4n) is 6.88. The van der Waals surface area contributed by atoms with Crippen molar-refractivity contribution in [2.45, 2.75) is 53.4 Å². The van der Waals surface area contributed by atoms with Gasteiger partial charge in [0.25, 0.3) is 0 Å². The molecule has 2 aliphatic rings. The molecule has 0 aliphatic heterocycles. The zero-order valence-corrected chi connectivity index (χ0v) is 24.7. The topological polar surface area (TPSA) is 0 Å². The molecule has 2 aliphatic carbocycles. The largest absolute Gasteiger partial charge is 0.0782 e. The van der Waals surface area contributed by atoms with E-state index in [-0.39, 0.29) is 21.7 Å². The van der Waals surface area contributed by atoms with Crippen LogP contribution in [0.15, 0.2) is 99.5 Å². The van der Waals surface area contributed by atoms with E-state index < -0.39 is 0 Å². The number of hydrogen-bond donors (Lipinski definition) is 0. The van der Waals surface area contributed by atoms with Gasteiger partial charge in [0, 0.05) is 14.4 Å². The minimum absolute atomic E-state index is 0.0431. The van der Waals surface area contributed by atoms with E-state index in [0.29, 0.717) is 0 Å². The Balaban J connectivity index is 1.88. The molecule has 0 fully saturated rings. The summed E-state index contributed by atoms with van der Waals surface area (Å²) in [7, 11) is 0. The van der Waals surface area contributed by atoms with Crippen LogP contribution >= 0.6 is 31.9 Å². The molecule has 0 spiro atoms. The summed E-state index contributed by atoms with van der Waals surface area (Å²) >= 11 is 7.33. The van der Waals surface area contributed by atoms with Gasteiger partial charge in [-0.25, -0.2) is 0 Å². The number of rotatable bonds is 2. The quantitative estimate of drug-likeness (QED) is 0.279. The maximum atomic E-state index is 3.66. The van der Waals surface area contributed by atoms with E-state index in [1.54, 1.807) is 0 Å². The van der Waals surface area contributed by atoms with Crippen molar-refractivity contribution in [2.24, 2.45) is 16.2 Å². The highest BCUT2D eigenvalue weighted by Gasteiger charge is 2.55. The van der Waals surface area contributed by atoms with Crippen LogP contribution in [0.1, 0.15) is 70.2 Å². The van der Waals surface area contributed by atoms with Gasteiger partial charge in [0.15, 0.2) is 0 Å². The van der Waals surface area contributed by atoms with Gasteiger partial charge in [-0.3, -0.25) is 0 Å². The predicted octanol–water partition coefficient (Wildman–Crippen LogP) is 10.4. The molecule has 0 amide bonds. The molecule has 35 heavy (non-hydrogen) atoms. The van der Waals surface area contributed by atoms with Crippen molar-refractivity contribution >= 4 is 37.4 Å². The van der Waals surface area contributed by atoms with Crippen LogP contribution < -0.4 is 0 Å². The Kier molecular flexibility index (Phi) is 5.89. The Hall–Kier alpha value is -1.90. The standard InChI is InChI=1S/C33H34Br2/c1-30(2,3)32(31(4,5)6)20-19-29-27(21-32)26-9-7-8-10-28(26)33(29,22-11-15-24(34)16-12-22)23-13-17-25(35)18-14-23/h7-19,21H,20H2,1-6H3. The second-order valence-corrected chi connectivity index (χ2v) is 14.0. The fourth-order valence-corrected chi connectivity index (χ4v) is 7.41. The molecule has 3 aromatic rings. The molecule has 3 aromatic carbocycles. The summed E-state index contributed by atoms with van der Waals surface area (Å²) in [5.74, 6) is 0. The zero-order chi connectivity index (χ0) is 25.2. The van der Waals surface area contributed by atoms with Crippen LogP contribution in [-0.2, 0) is 5.41 Å². The van der Waals surface area contributed by atoms with Crippen LogP contribution in [0.25, 0.3) is 5.57 Å². The van der Waals surface area contributed by atoms with Crippen LogP contribution in [0.3, 0.4) is 0 Å². The maximum Gasteiger partial charge on any atom is 0.0710 e. The molecular formula is C33H34Br2. The monoisotopic (exact) mass is 588 g/mol. The lowest BCUT2D eigenvalue weighted by Gasteiger charge is -2.54. The van der Waals surface area contributed by atoms with E-state index in [1.165, 1.54) is 33.4 Å². The normalized spacial score (nSPS) is 18.4. The Bertz CT molecular complexity index is 1260. The first kappa shape index (κ1) is 24.8. The lowest BCUT2D eigenvalue weighted by molar-refractivity contribution is 0.0194. The summed E-state index contributed by atoms with van der Waals surface area (Å²) in [6.45, 7) is 14.5. The minimum Gasteiger partial charge on any atom is -0.0782 e. The van der Waals surface area contributed by atoms with Crippen LogP contribution in [0.5, 0.6) is 0 Å². The fraction of sp³-hybridized carbons (Fsp3) is 0.333. The molecule has 0 radical (unpaired) electrons. The van der Waals surface area contributed by atoms with E-state index in [9.17, 15) is 0 Å². The Morgan fingerprint density at radius 2 is 1.14 bits per heavy atom. The Morgan fingerprint density at radius 1 is 0.657 bits per heavy atom. The third-order valence-corrected chi connectivity index (χ3v) is 9.62. The molecule has 0 saturated heterocycles.